The van der Waals surface area contributed by atoms with Gasteiger partial charge in [0.15, 0.2) is 5.41 Å². The minimum atomic E-state index is -0.491. The average Bonchev–Trinajstić information content (AvgIpc) is 3.32. The summed E-state index contributed by atoms with van der Waals surface area (Å²) in [6.45, 7) is 5.19. The molecule has 0 bridgehead atoms. The quantitative estimate of drug-likeness (QED) is 0.330. The first-order chi connectivity index (χ1) is 9.05. The molecule has 0 aromatic carbocycles. The number of ether oxygens (including phenoxy) is 6. The van der Waals surface area contributed by atoms with Gasteiger partial charge >= 0.3 is 0 Å². The molecule has 0 aromatic heterocycles. The summed E-state index contributed by atoms with van der Waals surface area (Å²) in [6.07, 6.45) is 0.779. The number of hydrogen-bond acceptors (Lipinski definition) is 6. The first kappa shape index (κ1) is 17.0. The van der Waals surface area contributed by atoms with Crippen LogP contribution in [0.4, 0.5) is 0 Å². The third kappa shape index (κ3) is 6.80. The molecule has 0 saturated carbocycles. The lowest BCUT2D eigenvalue weighted by Crippen LogP contribution is -2.45. The lowest BCUT2D eigenvalue weighted by Gasteiger charge is -2.31. The highest BCUT2D eigenvalue weighted by atomic mass is 28.1. The maximum absolute atomic E-state index is 5.23. The first-order valence-electron chi connectivity index (χ1n) is 6.49. The molecular weight excluding hydrogens is 268 g/mol. The molecule has 19 heavy (non-hydrogen) atoms. The van der Waals surface area contributed by atoms with E-state index in [0.717, 1.165) is 36.7 Å². The van der Waals surface area contributed by atoms with Crippen LogP contribution in [-0.2, 0) is 28.4 Å². The van der Waals surface area contributed by atoms with E-state index in [1.54, 1.807) is 21.3 Å². The molecule has 2 aliphatic heterocycles. The molecule has 0 N–H and O–H groups in total. The Bertz CT molecular complexity index is 228. The smallest absolute Gasteiger partial charge is 0.165 e. The lowest BCUT2D eigenvalue weighted by atomic mass is 10.4. The predicted molar refractivity (Wildman–Crippen MR) is 73.5 cm³/mol. The zero-order chi connectivity index (χ0) is 14.3. The first-order valence-corrected chi connectivity index (χ1v) is 7.49. The van der Waals surface area contributed by atoms with Crippen molar-refractivity contribution in [3.05, 3.63) is 0 Å². The zero-order valence-electron chi connectivity index (χ0n) is 12.5. The Hall–Kier alpha value is -0.0231. The van der Waals surface area contributed by atoms with Gasteiger partial charge in [-0.1, -0.05) is 0 Å². The predicted octanol–water partition coefficient (Wildman–Crippen LogP) is -0.866. The second-order valence-corrected chi connectivity index (χ2v) is 6.14. The van der Waals surface area contributed by atoms with Crippen LogP contribution < -0.4 is 0 Å². The minimum Gasteiger partial charge on any atom is -0.377 e. The van der Waals surface area contributed by atoms with E-state index >= 15 is 0 Å². The van der Waals surface area contributed by atoms with Crippen molar-refractivity contribution in [2.45, 2.75) is 30.6 Å². The van der Waals surface area contributed by atoms with Crippen LogP contribution in [-0.4, -0.2) is 81.7 Å². The lowest BCUT2D eigenvalue weighted by molar-refractivity contribution is -0.202. The Morgan fingerprint density at radius 1 is 1.11 bits per heavy atom. The van der Waals surface area contributed by atoms with Crippen LogP contribution in [0.5, 0.6) is 0 Å². The van der Waals surface area contributed by atoms with Gasteiger partial charge in [-0.15, -0.1) is 0 Å². The van der Waals surface area contributed by atoms with E-state index in [4.69, 9.17) is 28.4 Å². The summed E-state index contributed by atoms with van der Waals surface area (Å²) in [4.78, 5) is 0. The summed E-state index contributed by atoms with van der Waals surface area (Å²) < 4.78 is 30.5. The fraction of sp³-hybridized carbons (Fsp3) is 1.00. The van der Waals surface area contributed by atoms with Crippen molar-refractivity contribution in [1.82, 2.24) is 0 Å². The van der Waals surface area contributed by atoms with E-state index in [2.05, 4.69) is 0 Å². The summed E-state index contributed by atoms with van der Waals surface area (Å²) in [7, 11) is 5.70. The minimum absolute atomic E-state index is 0.00540. The van der Waals surface area contributed by atoms with E-state index in [1.807, 2.05) is 6.92 Å². The molecule has 3 atom stereocenters. The van der Waals surface area contributed by atoms with Crippen molar-refractivity contribution in [3.63, 3.8) is 0 Å². The maximum Gasteiger partial charge on any atom is 0.165 e. The highest BCUT2D eigenvalue weighted by Gasteiger charge is 2.30. The van der Waals surface area contributed by atoms with Gasteiger partial charge in [-0.05, 0) is 6.92 Å². The van der Waals surface area contributed by atoms with Crippen LogP contribution >= 0.6 is 0 Å². The third-order valence-corrected chi connectivity index (χ3v) is 4.94. The van der Waals surface area contributed by atoms with Gasteiger partial charge in [0.25, 0.3) is 0 Å². The van der Waals surface area contributed by atoms with Gasteiger partial charge in [-0.25, -0.2) is 0 Å². The monoisotopic (exact) mass is 294 g/mol. The van der Waals surface area contributed by atoms with Crippen LogP contribution in [0.25, 0.3) is 0 Å². The van der Waals surface area contributed by atoms with Crippen molar-refractivity contribution < 1.29 is 28.4 Å². The molecule has 6 nitrogen and oxygen atoms in total. The number of methoxy groups -OCH3 is 3. The van der Waals surface area contributed by atoms with Crippen molar-refractivity contribution in [2.75, 3.05) is 47.8 Å². The molecular formula is C12H26O6Si. The maximum atomic E-state index is 5.23. The summed E-state index contributed by atoms with van der Waals surface area (Å²) in [6, 6.07) is 0. The molecule has 0 spiro atoms. The number of rotatable bonds is 8. The average molecular weight is 294 g/mol. The molecule has 2 aliphatic rings. The van der Waals surface area contributed by atoms with Crippen LogP contribution in [0.15, 0.2) is 0 Å². The molecule has 0 aromatic rings. The number of hydrogen-bond donors (Lipinski definition) is 0. The van der Waals surface area contributed by atoms with E-state index in [1.165, 1.54) is 0 Å². The van der Waals surface area contributed by atoms with E-state index in [-0.39, 0.29) is 6.10 Å². The van der Waals surface area contributed by atoms with Crippen LogP contribution in [0.1, 0.15) is 6.92 Å². The molecule has 2 rings (SSSR count). The Kier molecular flexibility index (Phi) is 7.44. The molecule has 7 heteroatoms. The van der Waals surface area contributed by atoms with Gasteiger partial charge in [0.05, 0.1) is 36.7 Å². The molecule has 2 fully saturated rings. The number of epoxide rings is 2. The topological polar surface area (TPSA) is 62.0 Å². The van der Waals surface area contributed by atoms with Gasteiger partial charge in [0.1, 0.15) is 18.3 Å². The van der Waals surface area contributed by atoms with Gasteiger partial charge < -0.3 is 28.4 Å². The van der Waals surface area contributed by atoms with Gasteiger partial charge in [0.2, 0.25) is 0 Å². The van der Waals surface area contributed by atoms with Crippen LogP contribution in [0, 0.1) is 0 Å². The highest BCUT2D eigenvalue weighted by molar-refractivity contribution is 6.13. The summed E-state index contributed by atoms with van der Waals surface area (Å²) in [5.74, 6) is 0. The summed E-state index contributed by atoms with van der Waals surface area (Å²) in [5.41, 5.74) is -0.491. The second kappa shape index (κ2) is 8.31. The molecule has 0 amide bonds. The molecule has 114 valence electrons. The van der Waals surface area contributed by atoms with Crippen LogP contribution in [0.3, 0.4) is 0 Å². The van der Waals surface area contributed by atoms with E-state index in [9.17, 15) is 0 Å². The zero-order valence-corrected chi connectivity index (χ0v) is 14.5. The normalized spacial score (nSPS) is 26.5. The van der Waals surface area contributed by atoms with Gasteiger partial charge in [-0.2, -0.15) is 0 Å². The van der Waals surface area contributed by atoms with Crippen LogP contribution in [0.2, 0.25) is 0 Å². The van der Waals surface area contributed by atoms with Crippen molar-refractivity contribution in [1.29, 1.82) is 0 Å². The fourth-order valence-electron chi connectivity index (χ4n) is 1.29. The summed E-state index contributed by atoms with van der Waals surface area (Å²) >= 11 is 0. The SMILES string of the molecule is C(OCC1CO1)C1CO1.COC(C)C([SiH3])(OC)OC. The van der Waals surface area contributed by atoms with Crippen molar-refractivity contribution >= 4 is 10.2 Å². The standard InChI is InChI=1S/C6H16O3Si.C6H10O3/c1-5(7-2)6(10,8-3)9-4;1(5-3-8-5)7-2-6-4-9-6/h5H,1-4,10H3;5-6H,1-4H2. The third-order valence-electron chi connectivity index (χ3n) is 3.31. The van der Waals surface area contributed by atoms with E-state index in [0.29, 0.717) is 12.2 Å². The fourth-order valence-corrected chi connectivity index (χ4v) is 1.52. The van der Waals surface area contributed by atoms with Crippen molar-refractivity contribution in [2.24, 2.45) is 0 Å². The van der Waals surface area contributed by atoms with Gasteiger partial charge in [-0.3, -0.25) is 0 Å². The Morgan fingerprint density at radius 3 is 1.74 bits per heavy atom. The van der Waals surface area contributed by atoms with E-state index < -0.39 is 5.41 Å². The second-order valence-electron chi connectivity index (χ2n) is 4.75. The Morgan fingerprint density at radius 2 is 1.53 bits per heavy atom. The molecule has 2 saturated heterocycles. The molecule has 0 aliphatic carbocycles. The Labute approximate surface area is 118 Å². The van der Waals surface area contributed by atoms with Crippen molar-refractivity contribution in [3.8, 4) is 0 Å². The Balaban J connectivity index is 0.000000190. The largest absolute Gasteiger partial charge is 0.377 e. The van der Waals surface area contributed by atoms with Gasteiger partial charge in [0, 0.05) is 21.3 Å². The molecule has 2 heterocycles. The summed E-state index contributed by atoms with van der Waals surface area (Å²) in [5, 5.41) is 0. The molecule has 3 unspecified atom stereocenters. The highest BCUT2D eigenvalue weighted by Crippen LogP contribution is 2.13. The molecule has 0 radical (unpaired) electrons.